The number of amides is 3. The molecule has 0 bridgehead atoms. The highest BCUT2D eigenvalue weighted by molar-refractivity contribution is 5.81. The Kier molecular flexibility index (Phi) is 7.17. The number of aromatic nitrogens is 2. The van der Waals surface area contributed by atoms with Gasteiger partial charge in [-0.2, -0.15) is 5.10 Å². The second-order valence-electron chi connectivity index (χ2n) is 11.4. The zero-order valence-corrected chi connectivity index (χ0v) is 23.8. The zero-order valence-electron chi connectivity index (χ0n) is 23.8. The number of halogens is 2. The summed E-state index contributed by atoms with van der Waals surface area (Å²) >= 11 is 0. The number of rotatable bonds is 4. The molecule has 0 aliphatic carbocycles. The Morgan fingerprint density at radius 3 is 2.59 bits per heavy atom. The molecule has 41 heavy (non-hydrogen) atoms. The van der Waals surface area contributed by atoms with E-state index in [-0.39, 0.29) is 23.4 Å². The van der Waals surface area contributed by atoms with E-state index in [1.54, 1.807) is 47.0 Å². The van der Waals surface area contributed by atoms with Crippen molar-refractivity contribution in [2.75, 3.05) is 38.6 Å². The number of anilines is 2. The average Bonchev–Trinajstić information content (AvgIpc) is 3.42. The van der Waals surface area contributed by atoms with E-state index < -0.39 is 6.43 Å². The van der Waals surface area contributed by atoms with Gasteiger partial charge >= 0.3 is 6.03 Å². The van der Waals surface area contributed by atoms with Crippen molar-refractivity contribution >= 4 is 23.3 Å². The summed E-state index contributed by atoms with van der Waals surface area (Å²) in [4.78, 5) is 31.0. The molecule has 3 aromatic rings. The number of alkyl halides is 2. The summed E-state index contributed by atoms with van der Waals surface area (Å²) in [6.45, 7) is 2.44. The molecule has 1 aromatic heterocycles. The van der Waals surface area contributed by atoms with Crippen molar-refractivity contribution in [3.8, 4) is 11.1 Å². The third-order valence-corrected chi connectivity index (χ3v) is 8.88. The molecule has 1 unspecified atom stereocenters. The predicted molar refractivity (Wildman–Crippen MR) is 154 cm³/mol. The molecule has 8 nitrogen and oxygen atoms in total. The van der Waals surface area contributed by atoms with Gasteiger partial charge in [0.1, 0.15) is 0 Å². The van der Waals surface area contributed by atoms with Crippen molar-refractivity contribution in [3.63, 3.8) is 0 Å². The fraction of sp³-hybridized carbons (Fsp3) is 0.452. The van der Waals surface area contributed by atoms with Gasteiger partial charge in [0.25, 0.3) is 6.43 Å². The van der Waals surface area contributed by atoms with Gasteiger partial charge in [-0.1, -0.05) is 6.07 Å². The number of hydrogen-bond acceptors (Lipinski definition) is 4. The molecule has 1 atom stereocenters. The number of likely N-dealkylation sites (tertiary alicyclic amines) is 1. The van der Waals surface area contributed by atoms with Gasteiger partial charge in [-0.25, -0.2) is 13.6 Å². The molecule has 6 rings (SSSR count). The average molecular weight is 563 g/mol. The van der Waals surface area contributed by atoms with Crippen LogP contribution in [0.5, 0.6) is 0 Å². The minimum absolute atomic E-state index is 0.0124. The van der Waals surface area contributed by atoms with Crippen LogP contribution in [0.4, 0.5) is 25.0 Å². The van der Waals surface area contributed by atoms with Crippen molar-refractivity contribution < 1.29 is 18.4 Å². The number of nitrogens with one attached hydrogen (secondary N) is 1. The Morgan fingerprint density at radius 1 is 1.05 bits per heavy atom. The van der Waals surface area contributed by atoms with Gasteiger partial charge in [0.15, 0.2) is 0 Å². The Bertz CT molecular complexity index is 1500. The van der Waals surface area contributed by atoms with Gasteiger partial charge in [-0.05, 0) is 77.6 Å². The third-order valence-electron chi connectivity index (χ3n) is 8.88. The summed E-state index contributed by atoms with van der Waals surface area (Å²) in [6, 6.07) is 7.79. The highest BCUT2D eigenvalue weighted by atomic mass is 19.3. The van der Waals surface area contributed by atoms with Gasteiger partial charge in [-0.15, -0.1) is 0 Å². The van der Waals surface area contributed by atoms with Gasteiger partial charge in [0.05, 0.1) is 6.20 Å². The SMILES string of the molecule is CNC(=O)N1CCc2cc(C3CCN(C)C(=O)C3)cc(N3CCCc4cc(-c5cnn(C)c5)c(C(F)F)cc43)c2C1. The second-order valence-corrected chi connectivity index (χ2v) is 11.4. The Balaban J connectivity index is 1.48. The minimum atomic E-state index is -2.64. The lowest BCUT2D eigenvalue weighted by atomic mass is 9.84. The number of hydrogen-bond donors (Lipinski definition) is 1. The molecule has 3 aliphatic heterocycles. The van der Waals surface area contributed by atoms with Crippen LogP contribution in [0.15, 0.2) is 36.7 Å². The second kappa shape index (κ2) is 10.8. The Hall–Kier alpha value is -3.95. The Labute approximate surface area is 238 Å². The molecule has 10 heteroatoms. The van der Waals surface area contributed by atoms with Crippen LogP contribution in [0.25, 0.3) is 11.1 Å². The van der Waals surface area contributed by atoms with Crippen molar-refractivity contribution in [2.24, 2.45) is 7.05 Å². The number of piperidine rings is 1. The van der Waals surface area contributed by atoms with E-state index in [1.165, 1.54) is 0 Å². The first-order valence-corrected chi connectivity index (χ1v) is 14.3. The van der Waals surface area contributed by atoms with Crippen molar-refractivity contribution in [1.82, 2.24) is 24.9 Å². The maximum Gasteiger partial charge on any atom is 0.317 e. The summed E-state index contributed by atoms with van der Waals surface area (Å²) in [5.41, 5.74) is 7.26. The zero-order chi connectivity index (χ0) is 28.8. The number of urea groups is 1. The van der Waals surface area contributed by atoms with Crippen LogP contribution in [0.3, 0.4) is 0 Å². The summed E-state index contributed by atoms with van der Waals surface area (Å²) in [7, 11) is 5.25. The van der Waals surface area contributed by atoms with Crippen molar-refractivity contribution in [3.05, 3.63) is 64.5 Å². The molecule has 0 radical (unpaired) electrons. The van der Waals surface area contributed by atoms with Crippen LogP contribution in [-0.4, -0.2) is 65.2 Å². The number of carbonyl (C=O) groups is 2. The number of fused-ring (bicyclic) bond motifs is 2. The lowest BCUT2D eigenvalue weighted by Gasteiger charge is -2.38. The van der Waals surface area contributed by atoms with E-state index in [0.29, 0.717) is 50.1 Å². The fourth-order valence-corrected chi connectivity index (χ4v) is 6.60. The summed E-state index contributed by atoms with van der Waals surface area (Å²) < 4.78 is 30.7. The molecule has 3 amide bonds. The van der Waals surface area contributed by atoms with Crippen molar-refractivity contribution in [2.45, 2.75) is 51.0 Å². The molecule has 1 N–H and O–H groups in total. The maximum atomic E-state index is 14.5. The van der Waals surface area contributed by atoms with E-state index in [9.17, 15) is 18.4 Å². The molecule has 1 fully saturated rings. The highest BCUT2D eigenvalue weighted by Crippen LogP contribution is 2.44. The number of benzene rings is 2. The predicted octanol–water partition coefficient (Wildman–Crippen LogP) is 5.14. The molecule has 0 spiro atoms. The third kappa shape index (κ3) is 5.04. The van der Waals surface area contributed by atoms with E-state index in [4.69, 9.17) is 0 Å². The van der Waals surface area contributed by atoms with Crippen LogP contribution in [0, 0.1) is 0 Å². The van der Waals surface area contributed by atoms with Gasteiger partial charge in [-0.3, -0.25) is 9.48 Å². The van der Waals surface area contributed by atoms with Crippen molar-refractivity contribution in [1.29, 1.82) is 0 Å². The summed E-state index contributed by atoms with van der Waals surface area (Å²) in [5, 5.41) is 6.94. The van der Waals surface area contributed by atoms with Gasteiger partial charge in [0.2, 0.25) is 5.91 Å². The monoisotopic (exact) mass is 562 g/mol. The van der Waals surface area contributed by atoms with Crippen LogP contribution < -0.4 is 10.2 Å². The van der Waals surface area contributed by atoms with Crippen LogP contribution >= 0.6 is 0 Å². The van der Waals surface area contributed by atoms with E-state index >= 15 is 0 Å². The first-order chi connectivity index (χ1) is 19.7. The molecule has 3 aliphatic rings. The smallest absolute Gasteiger partial charge is 0.317 e. The van der Waals surface area contributed by atoms with E-state index in [1.807, 2.05) is 13.1 Å². The van der Waals surface area contributed by atoms with Gasteiger partial charge in [0, 0.05) is 82.4 Å². The lowest BCUT2D eigenvalue weighted by molar-refractivity contribution is -0.132. The van der Waals surface area contributed by atoms with Gasteiger partial charge < -0.3 is 20.0 Å². The topological polar surface area (TPSA) is 73.7 Å². The summed E-state index contributed by atoms with van der Waals surface area (Å²) in [6.07, 6.45) is 4.46. The first kappa shape index (κ1) is 27.2. The molecule has 0 saturated carbocycles. The van der Waals surface area contributed by atoms with Crippen LogP contribution in [0.2, 0.25) is 0 Å². The quantitative estimate of drug-likeness (QED) is 0.478. The van der Waals surface area contributed by atoms with Crippen LogP contribution in [-0.2, 0) is 31.2 Å². The normalized spacial score (nSPS) is 18.9. The van der Waals surface area contributed by atoms with E-state index in [2.05, 4.69) is 27.4 Å². The minimum Gasteiger partial charge on any atom is -0.346 e. The molecule has 4 heterocycles. The number of nitrogens with zero attached hydrogens (tertiary/aromatic N) is 5. The molecular formula is C31H36F2N6O2. The molecule has 1 saturated heterocycles. The fourth-order valence-electron chi connectivity index (χ4n) is 6.60. The Morgan fingerprint density at radius 2 is 1.88 bits per heavy atom. The van der Waals surface area contributed by atoms with E-state index in [0.717, 1.165) is 52.9 Å². The number of carbonyl (C=O) groups excluding carboxylic acids is 2. The molecule has 2 aromatic carbocycles. The standard InChI is InChI=1S/C31H36F2N6O2/c1-34-31(41)38-10-7-20-11-22(19-6-9-36(2)29(40)14-19)13-28(26(20)18-38)39-8-4-5-21-12-24(23-16-35-37(3)17-23)25(30(32)33)15-27(21)39/h11-13,15-17,19,30H,4-10,14,18H2,1-3H3,(H,34,41). The highest BCUT2D eigenvalue weighted by Gasteiger charge is 2.32. The summed E-state index contributed by atoms with van der Waals surface area (Å²) in [5.74, 6) is 0.243. The number of aryl methyl sites for hydroxylation is 2. The van der Waals surface area contributed by atoms with Crippen LogP contribution in [0.1, 0.15) is 59.4 Å². The first-order valence-electron chi connectivity index (χ1n) is 14.3. The largest absolute Gasteiger partial charge is 0.346 e. The lowest BCUT2D eigenvalue weighted by Crippen LogP contribution is -2.42. The molecular weight excluding hydrogens is 526 g/mol. The maximum absolute atomic E-state index is 14.5. The molecule has 216 valence electrons.